The third-order valence-electron chi connectivity index (χ3n) is 5.03. The number of para-hydroxylation sites is 2. The van der Waals surface area contributed by atoms with Gasteiger partial charge in [0.05, 0.1) is 17.2 Å². The topological polar surface area (TPSA) is 88.7 Å². The van der Waals surface area contributed by atoms with Crippen LogP contribution in [0.4, 0.5) is 11.4 Å². The maximum Gasteiger partial charge on any atom is 0.265 e. The Labute approximate surface area is 221 Å². The fourth-order valence-electron chi connectivity index (χ4n) is 3.10. The van der Waals surface area contributed by atoms with E-state index in [9.17, 15) is 9.59 Å². The van der Waals surface area contributed by atoms with E-state index >= 15 is 0 Å². The average Bonchev–Trinajstić information content (AvgIpc) is 2.87. The number of carbonyl (C=O) groups excluding carboxylic acids is 2. The number of nitrogens with one attached hydrogen (secondary N) is 3. The fourth-order valence-corrected chi connectivity index (χ4v) is 3.50. The SMILES string of the molecule is CCCCOc1ccccc1C(=O)NC(=S)Nc1ccc(NC(=O)C(C)Oc2ccccc2Cl)cc1. The van der Waals surface area contributed by atoms with E-state index in [1.807, 2.05) is 6.07 Å². The molecule has 0 bridgehead atoms. The number of hydrogen-bond acceptors (Lipinski definition) is 5. The Bertz CT molecular complexity index is 1200. The van der Waals surface area contributed by atoms with Crippen LogP contribution in [0.5, 0.6) is 11.5 Å². The van der Waals surface area contributed by atoms with Crippen LogP contribution in [0.2, 0.25) is 5.02 Å². The lowest BCUT2D eigenvalue weighted by Crippen LogP contribution is -2.34. The van der Waals surface area contributed by atoms with Crippen LogP contribution in [0.25, 0.3) is 0 Å². The van der Waals surface area contributed by atoms with Crippen molar-refractivity contribution in [1.82, 2.24) is 5.32 Å². The minimum Gasteiger partial charge on any atom is -0.493 e. The molecular weight excluding hydrogens is 498 g/mol. The van der Waals surface area contributed by atoms with Crippen molar-refractivity contribution in [3.05, 3.63) is 83.4 Å². The van der Waals surface area contributed by atoms with Gasteiger partial charge in [-0.05, 0) is 74.1 Å². The lowest BCUT2D eigenvalue weighted by molar-refractivity contribution is -0.122. The summed E-state index contributed by atoms with van der Waals surface area (Å²) in [6.45, 7) is 4.25. The highest BCUT2D eigenvalue weighted by atomic mass is 35.5. The molecule has 0 spiro atoms. The molecule has 0 aliphatic carbocycles. The maximum absolute atomic E-state index is 12.7. The van der Waals surface area contributed by atoms with E-state index in [1.165, 1.54) is 0 Å². The van der Waals surface area contributed by atoms with Crippen LogP contribution in [-0.4, -0.2) is 29.6 Å². The van der Waals surface area contributed by atoms with Crippen molar-refractivity contribution in [2.24, 2.45) is 0 Å². The molecule has 36 heavy (non-hydrogen) atoms. The van der Waals surface area contributed by atoms with Crippen LogP contribution in [0.1, 0.15) is 37.0 Å². The first-order valence-electron chi connectivity index (χ1n) is 11.5. The highest BCUT2D eigenvalue weighted by molar-refractivity contribution is 7.80. The van der Waals surface area contributed by atoms with E-state index in [4.69, 9.17) is 33.3 Å². The molecule has 0 saturated carbocycles. The molecule has 188 valence electrons. The second-order valence-corrected chi connectivity index (χ2v) is 8.68. The first kappa shape index (κ1) is 27.0. The Balaban J connectivity index is 1.52. The van der Waals surface area contributed by atoms with E-state index in [2.05, 4.69) is 22.9 Å². The Morgan fingerprint density at radius 1 is 0.917 bits per heavy atom. The summed E-state index contributed by atoms with van der Waals surface area (Å²) >= 11 is 11.4. The van der Waals surface area contributed by atoms with Gasteiger partial charge in [0.25, 0.3) is 11.8 Å². The van der Waals surface area contributed by atoms with Crippen LogP contribution >= 0.6 is 23.8 Å². The average molecular weight is 526 g/mol. The van der Waals surface area contributed by atoms with Crippen molar-refractivity contribution in [1.29, 1.82) is 0 Å². The number of ether oxygens (including phenoxy) is 2. The number of carbonyl (C=O) groups is 2. The highest BCUT2D eigenvalue weighted by Gasteiger charge is 2.17. The summed E-state index contributed by atoms with van der Waals surface area (Å²) in [6.07, 6.45) is 1.15. The van der Waals surface area contributed by atoms with Gasteiger partial charge in [0, 0.05) is 11.4 Å². The smallest absolute Gasteiger partial charge is 0.265 e. The maximum atomic E-state index is 12.7. The van der Waals surface area contributed by atoms with E-state index in [0.717, 1.165) is 12.8 Å². The molecule has 1 unspecified atom stereocenters. The molecule has 7 nitrogen and oxygen atoms in total. The normalized spacial score (nSPS) is 11.2. The van der Waals surface area contributed by atoms with E-state index < -0.39 is 6.10 Å². The molecule has 2 amide bonds. The molecule has 3 aromatic carbocycles. The van der Waals surface area contributed by atoms with Crippen LogP contribution in [0.15, 0.2) is 72.8 Å². The van der Waals surface area contributed by atoms with Crippen molar-refractivity contribution in [3.63, 3.8) is 0 Å². The number of hydrogen-bond donors (Lipinski definition) is 3. The van der Waals surface area contributed by atoms with Crippen molar-refractivity contribution in [2.75, 3.05) is 17.2 Å². The lowest BCUT2D eigenvalue weighted by Gasteiger charge is -2.16. The molecule has 0 aliphatic rings. The summed E-state index contributed by atoms with van der Waals surface area (Å²) in [5.74, 6) is 0.264. The summed E-state index contributed by atoms with van der Waals surface area (Å²) in [7, 11) is 0. The minimum absolute atomic E-state index is 0.141. The molecule has 3 rings (SSSR count). The van der Waals surface area contributed by atoms with Gasteiger partial charge in [0.15, 0.2) is 11.2 Å². The quantitative estimate of drug-likeness (QED) is 0.220. The zero-order valence-corrected chi connectivity index (χ0v) is 21.6. The first-order valence-corrected chi connectivity index (χ1v) is 12.3. The molecule has 0 aromatic heterocycles. The van der Waals surface area contributed by atoms with Crippen LogP contribution in [0, 0.1) is 0 Å². The van der Waals surface area contributed by atoms with Gasteiger partial charge in [-0.3, -0.25) is 14.9 Å². The number of rotatable bonds is 10. The second kappa shape index (κ2) is 13.5. The zero-order chi connectivity index (χ0) is 25.9. The Morgan fingerprint density at radius 2 is 1.53 bits per heavy atom. The van der Waals surface area contributed by atoms with Gasteiger partial charge in [-0.15, -0.1) is 0 Å². The monoisotopic (exact) mass is 525 g/mol. The van der Waals surface area contributed by atoms with Gasteiger partial charge in [0.2, 0.25) is 0 Å². The summed E-state index contributed by atoms with van der Waals surface area (Å²) in [5, 5.41) is 9.00. The molecule has 0 radical (unpaired) electrons. The summed E-state index contributed by atoms with van der Waals surface area (Å²) in [5.41, 5.74) is 1.63. The van der Waals surface area contributed by atoms with Gasteiger partial charge in [-0.1, -0.05) is 49.2 Å². The predicted molar refractivity (Wildman–Crippen MR) is 147 cm³/mol. The molecule has 0 heterocycles. The minimum atomic E-state index is -0.751. The van der Waals surface area contributed by atoms with Gasteiger partial charge < -0.3 is 20.1 Å². The Hall–Kier alpha value is -3.62. The summed E-state index contributed by atoms with van der Waals surface area (Å²) in [4.78, 5) is 25.2. The van der Waals surface area contributed by atoms with Gasteiger partial charge in [-0.25, -0.2) is 0 Å². The molecule has 0 fully saturated rings. The molecule has 3 N–H and O–H groups in total. The largest absolute Gasteiger partial charge is 0.493 e. The van der Waals surface area contributed by atoms with Crippen LogP contribution in [-0.2, 0) is 4.79 Å². The molecule has 3 aromatic rings. The highest BCUT2D eigenvalue weighted by Crippen LogP contribution is 2.24. The first-order chi connectivity index (χ1) is 17.4. The Morgan fingerprint density at radius 3 is 2.19 bits per heavy atom. The number of thiocarbonyl (C=S) groups is 1. The van der Waals surface area contributed by atoms with Gasteiger partial charge in [-0.2, -0.15) is 0 Å². The number of amides is 2. The van der Waals surface area contributed by atoms with Crippen molar-refractivity contribution >= 4 is 52.1 Å². The lowest BCUT2D eigenvalue weighted by atomic mass is 10.2. The van der Waals surface area contributed by atoms with Crippen molar-refractivity contribution in [3.8, 4) is 11.5 Å². The standard InChI is InChI=1S/C27H28ClN3O4S/c1-3-4-17-34-23-11-7-5-9-21(23)26(33)31-27(36)30-20-15-13-19(14-16-20)29-25(32)18(2)35-24-12-8-6-10-22(24)28/h5-16,18H,3-4,17H2,1-2H3,(H,29,32)(H2,30,31,33,36). The third kappa shape index (κ3) is 7.96. The second-order valence-electron chi connectivity index (χ2n) is 7.86. The molecular formula is C27H28ClN3O4S. The molecule has 1 atom stereocenters. The molecule has 0 aliphatic heterocycles. The van der Waals surface area contributed by atoms with E-state index in [0.29, 0.717) is 40.1 Å². The van der Waals surface area contributed by atoms with E-state index in [1.54, 1.807) is 73.7 Å². The molecule has 0 saturated heterocycles. The zero-order valence-electron chi connectivity index (χ0n) is 20.0. The van der Waals surface area contributed by atoms with E-state index in [-0.39, 0.29) is 16.9 Å². The van der Waals surface area contributed by atoms with Crippen molar-refractivity contribution in [2.45, 2.75) is 32.8 Å². The summed E-state index contributed by atoms with van der Waals surface area (Å²) < 4.78 is 11.4. The third-order valence-corrected chi connectivity index (χ3v) is 5.55. The van der Waals surface area contributed by atoms with Crippen molar-refractivity contribution < 1.29 is 19.1 Å². The van der Waals surface area contributed by atoms with Crippen LogP contribution < -0.4 is 25.4 Å². The number of unbranched alkanes of at least 4 members (excludes halogenated alkanes) is 1. The predicted octanol–water partition coefficient (Wildman–Crippen LogP) is 6.05. The number of benzene rings is 3. The van der Waals surface area contributed by atoms with Gasteiger partial charge >= 0.3 is 0 Å². The summed E-state index contributed by atoms with van der Waals surface area (Å²) in [6, 6.07) is 20.9. The Kier molecular flexibility index (Phi) is 10.1. The van der Waals surface area contributed by atoms with Crippen LogP contribution in [0.3, 0.4) is 0 Å². The number of halogens is 1. The number of anilines is 2. The van der Waals surface area contributed by atoms with Gasteiger partial charge in [0.1, 0.15) is 11.5 Å². The molecule has 9 heteroatoms. The fraction of sp³-hybridized carbons (Fsp3) is 0.222.